The minimum Gasteiger partial charge on any atom is -0.379 e. The normalized spacial score (nSPS) is 45.2. The maximum absolute atomic E-state index is 5.73. The lowest BCUT2D eigenvalue weighted by molar-refractivity contribution is 0.114. The molecule has 3 nitrogen and oxygen atoms in total. The highest BCUT2D eigenvalue weighted by Gasteiger charge is 2.56. The Bertz CT molecular complexity index is 243. The van der Waals surface area contributed by atoms with Crippen LogP contribution in [0.25, 0.3) is 0 Å². The Morgan fingerprint density at radius 1 is 1.19 bits per heavy atom. The van der Waals surface area contributed by atoms with E-state index in [-0.39, 0.29) is 0 Å². The molecule has 0 radical (unpaired) electrons. The lowest BCUT2D eigenvalue weighted by atomic mass is 9.86. The van der Waals surface area contributed by atoms with Crippen molar-refractivity contribution in [2.45, 2.75) is 63.4 Å². The topological polar surface area (TPSA) is 34.3 Å². The van der Waals surface area contributed by atoms with E-state index >= 15 is 0 Å². The van der Waals surface area contributed by atoms with Gasteiger partial charge in [-0.3, -0.25) is 0 Å². The molecule has 0 aromatic carbocycles. The van der Waals surface area contributed by atoms with Crippen LogP contribution in [0.1, 0.15) is 39.0 Å². The van der Waals surface area contributed by atoms with Crippen molar-refractivity contribution in [1.29, 1.82) is 0 Å². The number of epoxide rings is 2. The van der Waals surface area contributed by atoms with Crippen LogP contribution in [0.4, 0.5) is 0 Å². The van der Waals surface area contributed by atoms with Crippen molar-refractivity contribution in [3.63, 3.8) is 0 Å². The summed E-state index contributed by atoms with van der Waals surface area (Å²) in [6, 6.07) is 0. The van der Waals surface area contributed by atoms with Gasteiger partial charge in [0.15, 0.2) is 0 Å². The summed E-state index contributed by atoms with van der Waals surface area (Å²) in [5.41, 5.74) is 0. The Morgan fingerprint density at radius 2 is 2.12 bits per heavy atom. The molecule has 3 fully saturated rings. The van der Waals surface area contributed by atoms with Crippen LogP contribution in [0.5, 0.6) is 0 Å². The molecule has 1 saturated carbocycles. The molecule has 1 aliphatic carbocycles. The van der Waals surface area contributed by atoms with Crippen LogP contribution in [0, 0.1) is 5.92 Å². The summed E-state index contributed by atoms with van der Waals surface area (Å²) in [5, 5.41) is 0. The molecule has 0 N–H and O–H groups in total. The van der Waals surface area contributed by atoms with Crippen molar-refractivity contribution in [1.82, 2.24) is 0 Å². The Hall–Kier alpha value is -0.120. The number of ether oxygens (including phenoxy) is 3. The average Bonchev–Trinajstić information content (AvgIpc) is 3.16. The van der Waals surface area contributed by atoms with Crippen LogP contribution in [0.3, 0.4) is 0 Å². The highest BCUT2D eigenvalue weighted by atomic mass is 16.6. The van der Waals surface area contributed by atoms with Gasteiger partial charge in [-0.2, -0.15) is 0 Å². The van der Waals surface area contributed by atoms with Crippen LogP contribution in [-0.4, -0.2) is 37.6 Å². The highest BCUT2D eigenvalue weighted by molar-refractivity contribution is 5.03. The fraction of sp³-hybridized carbons (Fsp3) is 1.00. The number of rotatable bonds is 6. The summed E-state index contributed by atoms with van der Waals surface area (Å²) in [4.78, 5) is 0. The zero-order valence-corrected chi connectivity index (χ0v) is 10.1. The molecule has 3 aliphatic rings. The largest absolute Gasteiger partial charge is 0.379 e. The lowest BCUT2D eigenvalue weighted by Crippen LogP contribution is -2.23. The zero-order chi connectivity index (χ0) is 11.0. The monoisotopic (exact) mass is 226 g/mol. The van der Waals surface area contributed by atoms with Gasteiger partial charge >= 0.3 is 0 Å². The van der Waals surface area contributed by atoms with Crippen molar-refractivity contribution in [3.05, 3.63) is 0 Å². The van der Waals surface area contributed by atoms with E-state index in [4.69, 9.17) is 14.2 Å². The van der Waals surface area contributed by atoms with E-state index in [0.29, 0.717) is 30.3 Å². The maximum atomic E-state index is 5.73. The average molecular weight is 226 g/mol. The molecule has 0 aromatic heterocycles. The second-order valence-corrected chi connectivity index (χ2v) is 5.30. The first-order valence-electron chi connectivity index (χ1n) is 6.79. The van der Waals surface area contributed by atoms with E-state index < -0.39 is 0 Å². The summed E-state index contributed by atoms with van der Waals surface area (Å²) < 4.78 is 17.0. The Balaban J connectivity index is 1.36. The summed E-state index contributed by atoms with van der Waals surface area (Å²) in [6.07, 6.45) is 8.15. The fourth-order valence-electron chi connectivity index (χ4n) is 2.95. The van der Waals surface area contributed by atoms with Crippen molar-refractivity contribution in [3.8, 4) is 0 Å². The zero-order valence-electron chi connectivity index (χ0n) is 10.1. The van der Waals surface area contributed by atoms with Gasteiger partial charge in [-0.1, -0.05) is 19.8 Å². The molecule has 92 valence electrons. The van der Waals surface area contributed by atoms with Crippen LogP contribution in [0.2, 0.25) is 0 Å². The second-order valence-electron chi connectivity index (χ2n) is 5.30. The molecule has 2 heterocycles. The minimum absolute atomic E-state index is 0.366. The van der Waals surface area contributed by atoms with Crippen LogP contribution >= 0.6 is 0 Å². The SMILES string of the molecule is CCCCOCC1OC1C1CCCC2OC21. The van der Waals surface area contributed by atoms with Crippen molar-refractivity contribution in [2.24, 2.45) is 5.92 Å². The molecule has 0 spiro atoms. The third kappa shape index (κ3) is 2.27. The standard InChI is InChI=1S/C13H22O3/c1-2-3-7-14-8-11-13(16-11)9-5-4-6-10-12(9)15-10/h9-13H,2-8H2,1H3. The Kier molecular flexibility index (Phi) is 3.18. The second kappa shape index (κ2) is 4.63. The van der Waals surface area contributed by atoms with Gasteiger partial charge in [0.05, 0.1) is 24.9 Å². The molecule has 2 aliphatic heterocycles. The minimum atomic E-state index is 0.366. The van der Waals surface area contributed by atoms with Gasteiger partial charge in [0.2, 0.25) is 0 Å². The number of hydrogen-bond acceptors (Lipinski definition) is 3. The van der Waals surface area contributed by atoms with E-state index in [9.17, 15) is 0 Å². The van der Waals surface area contributed by atoms with Crippen LogP contribution in [-0.2, 0) is 14.2 Å². The summed E-state index contributed by atoms with van der Waals surface area (Å²) in [6.45, 7) is 3.86. The number of fused-ring (bicyclic) bond motifs is 1. The van der Waals surface area contributed by atoms with E-state index in [0.717, 1.165) is 19.6 Å². The Labute approximate surface area is 97.4 Å². The predicted molar refractivity (Wildman–Crippen MR) is 60.4 cm³/mol. The molecule has 0 bridgehead atoms. The van der Waals surface area contributed by atoms with Crippen molar-refractivity contribution in [2.75, 3.05) is 13.2 Å². The molecule has 2 saturated heterocycles. The van der Waals surface area contributed by atoms with Crippen molar-refractivity contribution < 1.29 is 14.2 Å². The molecular formula is C13H22O3. The fourth-order valence-corrected chi connectivity index (χ4v) is 2.95. The quantitative estimate of drug-likeness (QED) is 0.514. The van der Waals surface area contributed by atoms with E-state index in [1.165, 1.54) is 25.7 Å². The predicted octanol–water partition coefficient (Wildman–Crippen LogP) is 2.14. The third-order valence-electron chi connectivity index (χ3n) is 4.04. The first-order chi connectivity index (χ1) is 7.90. The molecule has 5 unspecified atom stereocenters. The molecule has 3 heteroatoms. The van der Waals surface area contributed by atoms with Gasteiger partial charge in [0.25, 0.3) is 0 Å². The first-order valence-corrected chi connectivity index (χ1v) is 6.79. The van der Waals surface area contributed by atoms with E-state index in [1.54, 1.807) is 0 Å². The molecule has 3 rings (SSSR count). The van der Waals surface area contributed by atoms with E-state index in [1.807, 2.05) is 0 Å². The van der Waals surface area contributed by atoms with E-state index in [2.05, 4.69) is 6.92 Å². The van der Waals surface area contributed by atoms with Crippen molar-refractivity contribution >= 4 is 0 Å². The van der Waals surface area contributed by atoms with Gasteiger partial charge < -0.3 is 14.2 Å². The smallest absolute Gasteiger partial charge is 0.108 e. The number of hydrogen-bond donors (Lipinski definition) is 0. The molecule has 5 atom stereocenters. The van der Waals surface area contributed by atoms with Gasteiger partial charge in [-0.15, -0.1) is 0 Å². The lowest BCUT2D eigenvalue weighted by Gasteiger charge is -2.15. The summed E-state index contributed by atoms with van der Waals surface area (Å²) in [5.74, 6) is 0.665. The third-order valence-corrected chi connectivity index (χ3v) is 4.04. The van der Waals surface area contributed by atoms with Gasteiger partial charge in [0.1, 0.15) is 6.10 Å². The van der Waals surface area contributed by atoms with Gasteiger partial charge in [-0.25, -0.2) is 0 Å². The van der Waals surface area contributed by atoms with Crippen LogP contribution < -0.4 is 0 Å². The molecular weight excluding hydrogens is 204 g/mol. The first kappa shape index (κ1) is 11.0. The molecule has 16 heavy (non-hydrogen) atoms. The highest BCUT2D eigenvalue weighted by Crippen LogP contribution is 2.47. The van der Waals surface area contributed by atoms with Gasteiger partial charge in [0, 0.05) is 12.5 Å². The Morgan fingerprint density at radius 3 is 3.00 bits per heavy atom. The molecule has 0 amide bonds. The summed E-state index contributed by atoms with van der Waals surface area (Å²) in [7, 11) is 0. The van der Waals surface area contributed by atoms with Crippen LogP contribution in [0.15, 0.2) is 0 Å². The maximum Gasteiger partial charge on any atom is 0.108 e. The summed E-state index contributed by atoms with van der Waals surface area (Å²) >= 11 is 0. The molecule has 0 aromatic rings. The van der Waals surface area contributed by atoms with Gasteiger partial charge in [-0.05, 0) is 19.3 Å². The number of unbranched alkanes of at least 4 members (excludes halogenated alkanes) is 1.